The number of hydrogen-bond donors (Lipinski definition) is 1. The van der Waals surface area contributed by atoms with Gasteiger partial charge in [0.1, 0.15) is 6.07 Å². The van der Waals surface area contributed by atoms with Gasteiger partial charge in [0.05, 0.1) is 17.3 Å². The Morgan fingerprint density at radius 2 is 2.27 bits per heavy atom. The molecule has 1 unspecified atom stereocenters. The molecule has 0 aliphatic heterocycles. The molecule has 0 aliphatic rings. The third-order valence-corrected chi connectivity index (χ3v) is 2.32. The molecule has 15 heavy (non-hydrogen) atoms. The van der Waals surface area contributed by atoms with Crippen LogP contribution in [0, 0.1) is 30.6 Å². The highest BCUT2D eigenvalue weighted by molar-refractivity contribution is 5.63. The van der Waals surface area contributed by atoms with Gasteiger partial charge in [0.25, 0.3) is 0 Å². The van der Waals surface area contributed by atoms with Crippen molar-refractivity contribution in [3.05, 3.63) is 29.3 Å². The lowest BCUT2D eigenvalue weighted by atomic mass is 10.1. The normalized spacial score (nSPS) is 11.2. The molecule has 0 aromatic heterocycles. The minimum Gasteiger partial charge on any atom is -0.370 e. The van der Waals surface area contributed by atoms with Crippen molar-refractivity contribution < 1.29 is 0 Å². The summed E-state index contributed by atoms with van der Waals surface area (Å²) in [4.78, 5) is 0. The highest BCUT2D eigenvalue weighted by atomic mass is 14.9. The minimum atomic E-state index is -0.0156. The largest absolute Gasteiger partial charge is 0.370 e. The number of nitrogens with one attached hydrogen (secondary N) is 1. The van der Waals surface area contributed by atoms with Gasteiger partial charge in [-0.3, -0.25) is 0 Å². The summed E-state index contributed by atoms with van der Waals surface area (Å²) >= 11 is 0. The maximum absolute atomic E-state index is 8.96. The van der Waals surface area contributed by atoms with Gasteiger partial charge in [0.15, 0.2) is 0 Å². The average Bonchev–Trinajstić information content (AvgIpc) is 2.27. The van der Waals surface area contributed by atoms with Gasteiger partial charge in [0, 0.05) is 0 Å². The molecular formula is C13H14N2. The van der Waals surface area contributed by atoms with E-state index in [1.807, 2.05) is 26.0 Å². The topological polar surface area (TPSA) is 35.8 Å². The lowest BCUT2D eigenvalue weighted by Crippen LogP contribution is -2.17. The monoisotopic (exact) mass is 198 g/mol. The average molecular weight is 198 g/mol. The van der Waals surface area contributed by atoms with E-state index in [-0.39, 0.29) is 6.04 Å². The van der Waals surface area contributed by atoms with Gasteiger partial charge in [-0.05, 0) is 25.0 Å². The van der Waals surface area contributed by atoms with Crippen LogP contribution in [0.25, 0.3) is 0 Å². The Labute approximate surface area is 90.9 Å². The highest BCUT2D eigenvalue weighted by Gasteiger charge is 2.08. The second kappa shape index (κ2) is 5.08. The number of hydrogen-bond acceptors (Lipinski definition) is 2. The van der Waals surface area contributed by atoms with Gasteiger partial charge >= 0.3 is 0 Å². The zero-order valence-electron chi connectivity index (χ0n) is 9.04. The second-order valence-corrected chi connectivity index (χ2v) is 3.38. The van der Waals surface area contributed by atoms with E-state index < -0.39 is 0 Å². The summed E-state index contributed by atoms with van der Waals surface area (Å²) in [7, 11) is 0. The maximum Gasteiger partial charge on any atom is 0.101 e. The molecule has 1 N–H and O–H groups in total. The first kappa shape index (κ1) is 11.1. The predicted molar refractivity (Wildman–Crippen MR) is 62.4 cm³/mol. The Kier molecular flexibility index (Phi) is 3.77. The summed E-state index contributed by atoms with van der Waals surface area (Å²) in [5.74, 6) is 2.66. The van der Waals surface area contributed by atoms with E-state index in [0.29, 0.717) is 5.56 Å². The van der Waals surface area contributed by atoms with Gasteiger partial charge in [-0.25, -0.2) is 0 Å². The lowest BCUT2D eigenvalue weighted by molar-refractivity contribution is 0.856. The van der Waals surface area contributed by atoms with Crippen LogP contribution in [0.5, 0.6) is 0 Å². The standard InChI is InChI=1S/C13H14N2/c1-4-12(5-2)15-13-10(3)7-6-8-11(13)9-14/h1,6-8,12,15H,5H2,2-3H3. The van der Waals surface area contributed by atoms with Crippen LogP contribution in [0.1, 0.15) is 24.5 Å². The van der Waals surface area contributed by atoms with Crippen molar-refractivity contribution in [1.82, 2.24) is 0 Å². The molecule has 2 heteroatoms. The maximum atomic E-state index is 8.96. The van der Waals surface area contributed by atoms with Crippen molar-refractivity contribution in [3.8, 4) is 18.4 Å². The summed E-state index contributed by atoms with van der Waals surface area (Å²) < 4.78 is 0. The van der Waals surface area contributed by atoms with Crippen LogP contribution in [0.15, 0.2) is 18.2 Å². The zero-order valence-corrected chi connectivity index (χ0v) is 9.04. The van der Waals surface area contributed by atoms with Gasteiger partial charge in [-0.1, -0.05) is 25.0 Å². The Balaban J connectivity index is 3.04. The number of rotatable bonds is 3. The first-order chi connectivity index (χ1) is 7.22. The summed E-state index contributed by atoms with van der Waals surface area (Å²) in [6.45, 7) is 3.98. The van der Waals surface area contributed by atoms with E-state index in [1.165, 1.54) is 0 Å². The zero-order chi connectivity index (χ0) is 11.3. The molecule has 1 rings (SSSR count). The number of terminal acetylenes is 1. The molecule has 1 atom stereocenters. The van der Waals surface area contributed by atoms with Gasteiger partial charge in [-0.15, -0.1) is 6.42 Å². The predicted octanol–water partition coefficient (Wildman–Crippen LogP) is 2.69. The number of para-hydroxylation sites is 1. The van der Waals surface area contributed by atoms with Crippen LogP contribution in [0.4, 0.5) is 5.69 Å². The van der Waals surface area contributed by atoms with Gasteiger partial charge < -0.3 is 5.32 Å². The molecular weight excluding hydrogens is 184 g/mol. The van der Waals surface area contributed by atoms with Gasteiger partial charge in [0.2, 0.25) is 0 Å². The third-order valence-electron chi connectivity index (χ3n) is 2.32. The van der Waals surface area contributed by atoms with E-state index in [2.05, 4.69) is 17.3 Å². The Morgan fingerprint density at radius 3 is 2.80 bits per heavy atom. The molecule has 0 fully saturated rings. The molecule has 0 spiro atoms. The molecule has 1 aromatic rings. The van der Waals surface area contributed by atoms with Gasteiger partial charge in [-0.2, -0.15) is 5.26 Å². The van der Waals surface area contributed by atoms with Crippen LogP contribution in [0.2, 0.25) is 0 Å². The first-order valence-electron chi connectivity index (χ1n) is 4.95. The van der Waals surface area contributed by atoms with Crippen LogP contribution >= 0.6 is 0 Å². The third kappa shape index (κ3) is 2.51. The quantitative estimate of drug-likeness (QED) is 0.758. The summed E-state index contributed by atoms with van der Waals surface area (Å²) in [6.07, 6.45) is 6.22. The SMILES string of the molecule is C#CC(CC)Nc1c(C)cccc1C#N. The van der Waals surface area contributed by atoms with Crippen molar-refractivity contribution >= 4 is 5.69 Å². The van der Waals surface area contributed by atoms with Crippen molar-refractivity contribution in [1.29, 1.82) is 5.26 Å². The summed E-state index contributed by atoms with van der Waals surface area (Å²) in [5.41, 5.74) is 2.54. The van der Waals surface area contributed by atoms with Crippen molar-refractivity contribution in [2.24, 2.45) is 0 Å². The van der Waals surface area contributed by atoms with Crippen molar-refractivity contribution in [2.45, 2.75) is 26.3 Å². The van der Waals surface area contributed by atoms with E-state index >= 15 is 0 Å². The Hall–Kier alpha value is -1.93. The van der Waals surface area contributed by atoms with E-state index in [0.717, 1.165) is 17.7 Å². The fourth-order valence-corrected chi connectivity index (χ4v) is 1.39. The Bertz CT molecular complexity index is 421. The number of nitrogens with zero attached hydrogens (tertiary/aromatic N) is 1. The molecule has 0 radical (unpaired) electrons. The fraction of sp³-hybridized carbons (Fsp3) is 0.308. The Morgan fingerprint density at radius 1 is 1.53 bits per heavy atom. The van der Waals surface area contributed by atoms with Crippen LogP contribution < -0.4 is 5.32 Å². The fourth-order valence-electron chi connectivity index (χ4n) is 1.39. The van der Waals surface area contributed by atoms with Crippen LogP contribution in [0.3, 0.4) is 0 Å². The molecule has 0 saturated carbocycles. The van der Waals surface area contributed by atoms with E-state index in [9.17, 15) is 0 Å². The van der Waals surface area contributed by atoms with Crippen LogP contribution in [-0.2, 0) is 0 Å². The highest BCUT2D eigenvalue weighted by Crippen LogP contribution is 2.20. The number of nitriles is 1. The summed E-state index contributed by atoms with van der Waals surface area (Å²) in [6, 6.07) is 7.77. The molecule has 0 aliphatic carbocycles. The molecule has 0 heterocycles. The molecule has 2 nitrogen and oxygen atoms in total. The van der Waals surface area contributed by atoms with Crippen molar-refractivity contribution in [3.63, 3.8) is 0 Å². The second-order valence-electron chi connectivity index (χ2n) is 3.38. The molecule has 0 saturated heterocycles. The molecule has 76 valence electrons. The molecule has 1 aromatic carbocycles. The van der Waals surface area contributed by atoms with Crippen molar-refractivity contribution in [2.75, 3.05) is 5.32 Å². The first-order valence-corrected chi connectivity index (χ1v) is 4.95. The number of aryl methyl sites for hydroxylation is 1. The molecule has 0 amide bonds. The van der Waals surface area contributed by atoms with E-state index in [1.54, 1.807) is 6.07 Å². The van der Waals surface area contributed by atoms with E-state index in [4.69, 9.17) is 11.7 Å². The lowest BCUT2D eigenvalue weighted by Gasteiger charge is -2.15. The number of anilines is 1. The van der Waals surface area contributed by atoms with Crippen LogP contribution in [-0.4, -0.2) is 6.04 Å². The molecule has 0 bridgehead atoms. The number of benzene rings is 1. The smallest absolute Gasteiger partial charge is 0.101 e. The summed E-state index contributed by atoms with van der Waals surface area (Å²) in [5, 5.41) is 12.2. The minimum absolute atomic E-state index is 0.0156.